The van der Waals surface area contributed by atoms with Crippen molar-refractivity contribution in [3.63, 3.8) is 0 Å². The van der Waals surface area contributed by atoms with Crippen LogP contribution in [0.5, 0.6) is 0 Å². The van der Waals surface area contributed by atoms with E-state index < -0.39 is 0 Å². The highest BCUT2D eigenvalue weighted by molar-refractivity contribution is 7.99. The fourth-order valence-electron chi connectivity index (χ4n) is 4.08. The van der Waals surface area contributed by atoms with E-state index in [1.165, 1.54) is 35.9 Å². The number of carbonyl (C=O) groups excluding carboxylic acids is 1. The molecule has 0 unspecified atom stereocenters. The van der Waals surface area contributed by atoms with Crippen molar-refractivity contribution in [2.75, 3.05) is 5.75 Å². The second kappa shape index (κ2) is 9.30. The van der Waals surface area contributed by atoms with E-state index in [2.05, 4.69) is 5.32 Å². The summed E-state index contributed by atoms with van der Waals surface area (Å²) >= 11 is 2.82. The van der Waals surface area contributed by atoms with Gasteiger partial charge < -0.3 is 5.32 Å². The van der Waals surface area contributed by atoms with Crippen molar-refractivity contribution >= 4 is 39.2 Å². The molecule has 1 saturated carbocycles. The summed E-state index contributed by atoms with van der Waals surface area (Å²) in [6, 6.07) is 21.7. The highest BCUT2D eigenvalue weighted by atomic mass is 32.2. The first-order valence-electron chi connectivity index (χ1n) is 10.8. The highest BCUT2D eigenvalue weighted by Gasteiger charge is 2.20. The van der Waals surface area contributed by atoms with Crippen molar-refractivity contribution in [2.45, 2.75) is 36.9 Å². The van der Waals surface area contributed by atoms with Crippen LogP contribution >= 0.6 is 23.1 Å². The molecule has 2 heterocycles. The monoisotopic (exact) mass is 461 g/mol. The Labute approximate surface area is 194 Å². The van der Waals surface area contributed by atoms with Crippen LogP contribution in [0, 0.1) is 0 Å². The number of thioether (sulfide) groups is 1. The predicted octanol–water partition coefficient (Wildman–Crippen LogP) is 5.27. The van der Waals surface area contributed by atoms with Crippen LogP contribution in [-0.4, -0.2) is 27.3 Å². The van der Waals surface area contributed by atoms with Crippen LogP contribution < -0.4 is 10.9 Å². The molecule has 2 aromatic heterocycles. The van der Waals surface area contributed by atoms with Crippen molar-refractivity contribution in [1.82, 2.24) is 14.9 Å². The summed E-state index contributed by atoms with van der Waals surface area (Å²) in [5.41, 5.74) is 1.70. The van der Waals surface area contributed by atoms with E-state index in [0.29, 0.717) is 15.4 Å². The lowest BCUT2D eigenvalue weighted by molar-refractivity contribution is -0.119. The second-order valence-corrected chi connectivity index (χ2v) is 9.88. The van der Waals surface area contributed by atoms with Gasteiger partial charge in [0, 0.05) is 10.9 Å². The number of carbonyl (C=O) groups is 1. The van der Waals surface area contributed by atoms with Gasteiger partial charge in [-0.15, -0.1) is 11.3 Å². The Morgan fingerprint density at radius 1 is 1.06 bits per heavy atom. The molecule has 162 valence electrons. The molecule has 1 amide bonds. The lowest BCUT2D eigenvalue weighted by Crippen LogP contribution is -2.34. The molecule has 0 atom stereocenters. The number of rotatable bonds is 6. The average Bonchev–Trinajstić information content (AvgIpc) is 3.49. The minimum absolute atomic E-state index is 0.00740. The van der Waals surface area contributed by atoms with Crippen LogP contribution in [0.4, 0.5) is 0 Å². The van der Waals surface area contributed by atoms with Gasteiger partial charge in [-0.1, -0.05) is 73.1 Å². The Hall–Kier alpha value is -2.90. The fourth-order valence-corrected chi connectivity index (χ4v) is 5.98. The molecule has 1 fully saturated rings. The molecule has 2 aromatic carbocycles. The first-order valence-corrected chi connectivity index (χ1v) is 12.6. The molecular formula is C25H23N3O2S2. The van der Waals surface area contributed by atoms with Crippen LogP contribution in [0.25, 0.3) is 26.3 Å². The number of hydrogen-bond donors (Lipinski definition) is 1. The second-order valence-electron chi connectivity index (χ2n) is 7.90. The van der Waals surface area contributed by atoms with Gasteiger partial charge in [-0.25, -0.2) is 4.98 Å². The number of para-hydroxylation sites is 1. The van der Waals surface area contributed by atoms with Crippen LogP contribution in [0.3, 0.4) is 0 Å². The minimum Gasteiger partial charge on any atom is -0.353 e. The van der Waals surface area contributed by atoms with Gasteiger partial charge in [0.05, 0.1) is 16.8 Å². The summed E-state index contributed by atoms with van der Waals surface area (Å²) in [4.78, 5) is 32.6. The van der Waals surface area contributed by atoms with Gasteiger partial charge in [0.2, 0.25) is 5.91 Å². The first-order chi connectivity index (χ1) is 15.7. The Morgan fingerprint density at radius 3 is 2.47 bits per heavy atom. The van der Waals surface area contributed by atoms with Gasteiger partial charge in [0.1, 0.15) is 4.83 Å². The van der Waals surface area contributed by atoms with Crippen molar-refractivity contribution in [1.29, 1.82) is 0 Å². The van der Waals surface area contributed by atoms with E-state index in [1.807, 2.05) is 66.7 Å². The van der Waals surface area contributed by atoms with Crippen LogP contribution in [0.1, 0.15) is 25.7 Å². The quantitative estimate of drug-likeness (QED) is 0.314. The van der Waals surface area contributed by atoms with Crippen molar-refractivity contribution < 1.29 is 4.79 Å². The normalized spacial score (nSPS) is 14.1. The summed E-state index contributed by atoms with van der Waals surface area (Å²) in [7, 11) is 0. The molecule has 0 aliphatic heterocycles. The number of fused-ring (bicyclic) bond motifs is 1. The van der Waals surface area contributed by atoms with E-state index in [9.17, 15) is 9.59 Å². The van der Waals surface area contributed by atoms with E-state index in [1.54, 1.807) is 4.57 Å². The molecule has 0 spiro atoms. The van der Waals surface area contributed by atoms with Crippen LogP contribution in [0.15, 0.2) is 76.7 Å². The lowest BCUT2D eigenvalue weighted by Gasteiger charge is -2.14. The maximum absolute atomic E-state index is 13.5. The zero-order chi connectivity index (χ0) is 21.9. The Kier molecular flexibility index (Phi) is 6.10. The Morgan fingerprint density at radius 2 is 1.75 bits per heavy atom. The molecule has 1 aliphatic rings. The SMILES string of the molecule is O=C(CSc1nc2sc(-c3ccccc3)cc2c(=O)n1-c1ccccc1)NC1CCCC1. The van der Waals surface area contributed by atoms with E-state index >= 15 is 0 Å². The molecule has 5 nitrogen and oxygen atoms in total. The van der Waals surface area contributed by atoms with Gasteiger partial charge in [0.15, 0.2) is 5.16 Å². The van der Waals surface area contributed by atoms with Crippen molar-refractivity contribution in [3.8, 4) is 16.1 Å². The van der Waals surface area contributed by atoms with Gasteiger partial charge in [-0.3, -0.25) is 14.2 Å². The minimum atomic E-state index is -0.113. The number of nitrogens with one attached hydrogen (secondary N) is 1. The number of aromatic nitrogens is 2. The maximum atomic E-state index is 13.5. The molecule has 5 rings (SSSR count). The van der Waals surface area contributed by atoms with E-state index in [0.717, 1.165) is 29.0 Å². The van der Waals surface area contributed by atoms with Crippen LogP contribution in [-0.2, 0) is 4.79 Å². The van der Waals surface area contributed by atoms with Gasteiger partial charge in [-0.05, 0) is 36.6 Å². The maximum Gasteiger partial charge on any atom is 0.267 e. The largest absolute Gasteiger partial charge is 0.353 e. The Balaban J connectivity index is 1.52. The molecule has 7 heteroatoms. The van der Waals surface area contributed by atoms with Crippen molar-refractivity contribution in [3.05, 3.63) is 77.1 Å². The summed E-state index contributed by atoms with van der Waals surface area (Å²) in [6.45, 7) is 0. The van der Waals surface area contributed by atoms with Crippen LogP contribution in [0.2, 0.25) is 0 Å². The molecular weight excluding hydrogens is 438 g/mol. The Bertz CT molecular complexity index is 1290. The number of thiophene rings is 1. The summed E-state index contributed by atoms with van der Waals surface area (Å²) in [5.74, 6) is 0.227. The van der Waals surface area contributed by atoms with Gasteiger partial charge in [-0.2, -0.15) is 0 Å². The molecule has 1 N–H and O–H groups in total. The standard InChI is InChI=1S/C25H23N3O2S2/c29-22(26-18-11-7-8-12-18)16-31-25-27-23-20(15-21(32-23)17-9-3-1-4-10-17)24(30)28(25)19-13-5-2-6-14-19/h1-6,9-10,13-15,18H,7-8,11-12,16H2,(H,26,29). The number of benzene rings is 2. The van der Waals surface area contributed by atoms with Gasteiger partial charge in [0.25, 0.3) is 5.56 Å². The summed E-state index contributed by atoms with van der Waals surface area (Å²) in [5, 5.41) is 4.25. The molecule has 1 aliphatic carbocycles. The topological polar surface area (TPSA) is 64.0 Å². The smallest absolute Gasteiger partial charge is 0.267 e. The number of nitrogens with zero attached hydrogens (tertiary/aromatic N) is 2. The third kappa shape index (κ3) is 4.36. The van der Waals surface area contributed by atoms with Crippen molar-refractivity contribution in [2.24, 2.45) is 0 Å². The first kappa shape index (κ1) is 21.0. The highest BCUT2D eigenvalue weighted by Crippen LogP contribution is 2.32. The zero-order valence-corrected chi connectivity index (χ0v) is 19.1. The van der Waals surface area contributed by atoms with Gasteiger partial charge >= 0.3 is 0 Å². The third-order valence-electron chi connectivity index (χ3n) is 5.66. The van der Waals surface area contributed by atoms with E-state index in [4.69, 9.17) is 4.98 Å². The summed E-state index contributed by atoms with van der Waals surface area (Å²) in [6.07, 6.45) is 4.44. The van der Waals surface area contributed by atoms with E-state index in [-0.39, 0.29) is 23.3 Å². The zero-order valence-electron chi connectivity index (χ0n) is 17.5. The lowest BCUT2D eigenvalue weighted by atomic mass is 10.2. The molecule has 0 radical (unpaired) electrons. The molecule has 4 aromatic rings. The summed E-state index contributed by atoms with van der Waals surface area (Å²) < 4.78 is 1.62. The average molecular weight is 462 g/mol. The predicted molar refractivity (Wildman–Crippen MR) is 132 cm³/mol. The number of amides is 1. The molecule has 0 saturated heterocycles. The number of hydrogen-bond acceptors (Lipinski definition) is 5. The third-order valence-corrected chi connectivity index (χ3v) is 7.68. The fraction of sp³-hybridized carbons (Fsp3) is 0.240. The molecule has 32 heavy (non-hydrogen) atoms. The molecule has 0 bridgehead atoms.